The van der Waals surface area contributed by atoms with Crippen LogP contribution in [0, 0.1) is 0 Å². The monoisotopic (exact) mass is 289 g/mol. The molecule has 1 aliphatic heterocycles. The van der Waals surface area contributed by atoms with Gasteiger partial charge in [-0.25, -0.2) is 0 Å². The molecule has 2 atom stereocenters. The molecule has 1 heterocycles. The first-order valence-electron chi connectivity index (χ1n) is 7.97. The Morgan fingerprint density at radius 2 is 1.95 bits per heavy atom. The van der Waals surface area contributed by atoms with Gasteiger partial charge in [-0.3, -0.25) is 4.79 Å². The van der Waals surface area contributed by atoms with Crippen LogP contribution in [0.5, 0.6) is 0 Å². The molecule has 0 saturated carbocycles. The summed E-state index contributed by atoms with van der Waals surface area (Å²) in [6.45, 7) is 5.29. The lowest BCUT2D eigenvalue weighted by Crippen LogP contribution is -2.48. The SMILES string of the molecule is CC(CN1CCCC1)NC(=O)[C@@H](N)CCc1ccccc1. The molecule has 1 amide bonds. The van der Waals surface area contributed by atoms with Crippen molar-refractivity contribution in [2.75, 3.05) is 19.6 Å². The second kappa shape index (κ2) is 8.15. The third-order valence-corrected chi connectivity index (χ3v) is 4.04. The predicted molar refractivity (Wildman–Crippen MR) is 86.0 cm³/mol. The van der Waals surface area contributed by atoms with Crippen molar-refractivity contribution in [3.05, 3.63) is 35.9 Å². The molecule has 0 spiro atoms. The van der Waals surface area contributed by atoms with Crippen molar-refractivity contribution in [3.63, 3.8) is 0 Å². The first-order valence-corrected chi connectivity index (χ1v) is 7.97. The molecule has 2 rings (SSSR count). The summed E-state index contributed by atoms with van der Waals surface area (Å²) in [6.07, 6.45) is 4.08. The number of amides is 1. The number of nitrogens with one attached hydrogen (secondary N) is 1. The van der Waals surface area contributed by atoms with Crippen molar-refractivity contribution in [2.45, 2.75) is 44.7 Å². The molecule has 1 aromatic rings. The Morgan fingerprint density at radius 3 is 2.62 bits per heavy atom. The van der Waals surface area contributed by atoms with Crippen LogP contribution in [0.2, 0.25) is 0 Å². The Hall–Kier alpha value is -1.39. The lowest BCUT2D eigenvalue weighted by molar-refractivity contribution is -0.123. The molecule has 4 nitrogen and oxygen atoms in total. The van der Waals surface area contributed by atoms with Crippen molar-refractivity contribution in [2.24, 2.45) is 5.73 Å². The van der Waals surface area contributed by atoms with Gasteiger partial charge in [0.1, 0.15) is 0 Å². The average Bonchev–Trinajstić information content (AvgIpc) is 2.98. The minimum Gasteiger partial charge on any atom is -0.351 e. The lowest BCUT2D eigenvalue weighted by atomic mass is 10.1. The molecule has 1 aromatic carbocycles. The van der Waals surface area contributed by atoms with Gasteiger partial charge in [-0.2, -0.15) is 0 Å². The van der Waals surface area contributed by atoms with Gasteiger partial charge in [0.15, 0.2) is 0 Å². The van der Waals surface area contributed by atoms with Crippen LogP contribution in [0.1, 0.15) is 31.7 Å². The molecule has 1 aliphatic rings. The maximum atomic E-state index is 12.1. The summed E-state index contributed by atoms with van der Waals surface area (Å²) < 4.78 is 0. The molecular formula is C17H27N3O. The fourth-order valence-corrected chi connectivity index (χ4v) is 2.85. The van der Waals surface area contributed by atoms with Gasteiger partial charge in [0.05, 0.1) is 6.04 Å². The van der Waals surface area contributed by atoms with E-state index in [9.17, 15) is 4.79 Å². The smallest absolute Gasteiger partial charge is 0.237 e. The zero-order valence-corrected chi connectivity index (χ0v) is 12.9. The maximum Gasteiger partial charge on any atom is 0.237 e. The summed E-state index contributed by atoms with van der Waals surface area (Å²) in [4.78, 5) is 14.5. The zero-order valence-electron chi connectivity index (χ0n) is 12.9. The molecule has 1 saturated heterocycles. The quantitative estimate of drug-likeness (QED) is 0.800. The third kappa shape index (κ3) is 5.48. The Kier molecular flexibility index (Phi) is 6.21. The van der Waals surface area contributed by atoms with Crippen LogP contribution in [0.15, 0.2) is 30.3 Å². The highest BCUT2D eigenvalue weighted by atomic mass is 16.2. The van der Waals surface area contributed by atoms with E-state index >= 15 is 0 Å². The number of hydrogen-bond donors (Lipinski definition) is 2. The number of hydrogen-bond acceptors (Lipinski definition) is 3. The number of benzene rings is 1. The number of carbonyl (C=O) groups is 1. The van der Waals surface area contributed by atoms with Gasteiger partial charge in [0, 0.05) is 12.6 Å². The lowest BCUT2D eigenvalue weighted by Gasteiger charge is -2.22. The van der Waals surface area contributed by atoms with Crippen LogP contribution < -0.4 is 11.1 Å². The largest absolute Gasteiger partial charge is 0.351 e. The summed E-state index contributed by atoms with van der Waals surface area (Å²) in [5, 5.41) is 3.04. The zero-order chi connectivity index (χ0) is 15.1. The van der Waals surface area contributed by atoms with Gasteiger partial charge >= 0.3 is 0 Å². The fraction of sp³-hybridized carbons (Fsp3) is 0.588. The molecule has 1 unspecified atom stereocenters. The molecule has 116 valence electrons. The van der Waals surface area contributed by atoms with Crippen LogP contribution in [-0.2, 0) is 11.2 Å². The molecule has 0 radical (unpaired) electrons. The molecule has 3 N–H and O–H groups in total. The highest BCUT2D eigenvalue weighted by Gasteiger charge is 2.19. The van der Waals surface area contributed by atoms with Gasteiger partial charge in [-0.15, -0.1) is 0 Å². The van der Waals surface area contributed by atoms with Crippen molar-refractivity contribution < 1.29 is 4.79 Å². The van der Waals surface area contributed by atoms with Gasteiger partial charge in [-0.05, 0) is 51.3 Å². The van der Waals surface area contributed by atoms with E-state index in [0.717, 1.165) is 26.1 Å². The Bertz CT molecular complexity index is 429. The number of likely N-dealkylation sites (tertiary alicyclic amines) is 1. The molecule has 0 aliphatic carbocycles. The second-order valence-corrected chi connectivity index (χ2v) is 6.05. The third-order valence-electron chi connectivity index (χ3n) is 4.04. The second-order valence-electron chi connectivity index (χ2n) is 6.05. The summed E-state index contributed by atoms with van der Waals surface area (Å²) >= 11 is 0. The van der Waals surface area contributed by atoms with Crippen molar-refractivity contribution >= 4 is 5.91 Å². The normalized spacial score (nSPS) is 18.4. The molecular weight excluding hydrogens is 262 g/mol. The minimum atomic E-state index is -0.425. The summed E-state index contributed by atoms with van der Waals surface area (Å²) in [6, 6.07) is 9.90. The minimum absolute atomic E-state index is 0.0300. The first-order chi connectivity index (χ1) is 10.1. The summed E-state index contributed by atoms with van der Waals surface area (Å²) in [5.41, 5.74) is 7.22. The van der Waals surface area contributed by atoms with E-state index in [2.05, 4.69) is 29.3 Å². The van der Waals surface area contributed by atoms with Crippen molar-refractivity contribution in [1.29, 1.82) is 0 Å². The molecule has 4 heteroatoms. The number of aryl methyl sites for hydroxylation is 1. The Balaban J connectivity index is 1.69. The number of nitrogens with two attached hydrogens (primary N) is 1. The van der Waals surface area contributed by atoms with E-state index in [1.807, 2.05) is 18.2 Å². The molecule has 0 bridgehead atoms. The number of rotatable bonds is 7. The van der Waals surface area contributed by atoms with Crippen molar-refractivity contribution in [3.8, 4) is 0 Å². The standard InChI is InChI=1S/C17H27N3O/c1-14(13-20-11-5-6-12-20)19-17(21)16(18)10-9-15-7-3-2-4-8-15/h2-4,7-8,14,16H,5-6,9-13,18H2,1H3,(H,19,21)/t14?,16-/m0/s1. The topological polar surface area (TPSA) is 58.4 Å². The van der Waals surface area contributed by atoms with Crippen LogP contribution in [0.25, 0.3) is 0 Å². The van der Waals surface area contributed by atoms with Gasteiger partial charge < -0.3 is 16.0 Å². The number of carbonyl (C=O) groups excluding carboxylic acids is 1. The highest BCUT2D eigenvalue weighted by molar-refractivity contribution is 5.81. The van der Waals surface area contributed by atoms with Crippen LogP contribution >= 0.6 is 0 Å². The molecule has 0 aromatic heterocycles. The van der Waals surface area contributed by atoms with E-state index in [-0.39, 0.29) is 11.9 Å². The van der Waals surface area contributed by atoms with Crippen LogP contribution in [-0.4, -0.2) is 42.5 Å². The van der Waals surface area contributed by atoms with Gasteiger partial charge in [-0.1, -0.05) is 30.3 Å². The van der Waals surface area contributed by atoms with E-state index in [1.165, 1.54) is 18.4 Å². The van der Waals surface area contributed by atoms with Crippen molar-refractivity contribution in [1.82, 2.24) is 10.2 Å². The van der Waals surface area contributed by atoms with Gasteiger partial charge in [0.2, 0.25) is 5.91 Å². The Morgan fingerprint density at radius 1 is 1.29 bits per heavy atom. The Labute approximate surface area is 127 Å². The summed E-state index contributed by atoms with van der Waals surface area (Å²) in [7, 11) is 0. The summed E-state index contributed by atoms with van der Waals surface area (Å²) in [5.74, 6) is -0.0300. The molecule has 1 fully saturated rings. The van der Waals surface area contributed by atoms with E-state index in [0.29, 0.717) is 6.42 Å². The fourth-order valence-electron chi connectivity index (χ4n) is 2.85. The van der Waals surface area contributed by atoms with E-state index in [4.69, 9.17) is 5.73 Å². The maximum absolute atomic E-state index is 12.1. The van der Waals surface area contributed by atoms with Crippen LogP contribution in [0.3, 0.4) is 0 Å². The van der Waals surface area contributed by atoms with Gasteiger partial charge in [0.25, 0.3) is 0 Å². The molecule has 21 heavy (non-hydrogen) atoms. The average molecular weight is 289 g/mol. The van der Waals surface area contributed by atoms with E-state index < -0.39 is 6.04 Å². The number of nitrogens with zero attached hydrogens (tertiary/aromatic N) is 1. The predicted octanol–water partition coefficient (Wildman–Crippen LogP) is 1.55. The van der Waals surface area contributed by atoms with Crippen LogP contribution in [0.4, 0.5) is 0 Å². The first kappa shape index (κ1) is 16.0. The van der Waals surface area contributed by atoms with E-state index in [1.54, 1.807) is 0 Å². The highest BCUT2D eigenvalue weighted by Crippen LogP contribution is 2.08.